The standard InChI is InChI=1S/C15H24O8/c1-8(16)19-13(20-9(2)17)12-11(22-15(5,6)23-12)10-7-18-14(3,4)21-10/h10-13H,7H2,1-6H3/t10-,11-,12+/m1/s1. The summed E-state index contributed by atoms with van der Waals surface area (Å²) in [6, 6.07) is 0. The Labute approximate surface area is 135 Å². The average Bonchev–Trinajstić information content (AvgIpc) is 2.87. The Morgan fingerprint density at radius 3 is 1.96 bits per heavy atom. The number of hydrogen-bond donors (Lipinski definition) is 0. The molecule has 2 saturated heterocycles. The number of carbonyl (C=O) groups is 2. The zero-order valence-corrected chi connectivity index (χ0v) is 14.3. The van der Waals surface area contributed by atoms with Crippen molar-refractivity contribution in [2.24, 2.45) is 0 Å². The fourth-order valence-electron chi connectivity index (χ4n) is 2.68. The van der Waals surface area contributed by atoms with Crippen LogP contribution in [0.4, 0.5) is 0 Å². The molecule has 8 heteroatoms. The SMILES string of the molecule is CC(=O)OC(OC(C)=O)[C@H]1OC(C)(C)O[C@@H]1[C@H]1COC(C)(C)O1. The zero-order valence-electron chi connectivity index (χ0n) is 14.3. The van der Waals surface area contributed by atoms with Crippen LogP contribution in [0.25, 0.3) is 0 Å². The number of carbonyl (C=O) groups excluding carboxylic acids is 2. The van der Waals surface area contributed by atoms with Crippen molar-refractivity contribution in [3.8, 4) is 0 Å². The van der Waals surface area contributed by atoms with E-state index in [1.807, 2.05) is 0 Å². The maximum Gasteiger partial charge on any atom is 0.305 e. The quantitative estimate of drug-likeness (QED) is 0.559. The van der Waals surface area contributed by atoms with E-state index in [4.69, 9.17) is 28.4 Å². The van der Waals surface area contributed by atoms with Gasteiger partial charge in [0.1, 0.15) is 12.2 Å². The summed E-state index contributed by atoms with van der Waals surface area (Å²) in [5, 5.41) is 0. The van der Waals surface area contributed by atoms with Crippen molar-refractivity contribution in [3.05, 3.63) is 0 Å². The second-order valence-electron chi connectivity index (χ2n) is 6.52. The van der Waals surface area contributed by atoms with Crippen LogP contribution in [-0.4, -0.2) is 54.7 Å². The van der Waals surface area contributed by atoms with Crippen molar-refractivity contribution in [2.45, 2.75) is 77.7 Å². The summed E-state index contributed by atoms with van der Waals surface area (Å²) in [7, 11) is 0. The van der Waals surface area contributed by atoms with Gasteiger partial charge in [-0.1, -0.05) is 0 Å². The van der Waals surface area contributed by atoms with Gasteiger partial charge in [-0.2, -0.15) is 0 Å². The third-order valence-electron chi connectivity index (χ3n) is 3.39. The molecule has 2 aliphatic heterocycles. The second-order valence-corrected chi connectivity index (χ2v) is 6.52. The van der Waals surface area contributed by atoms with E-state index in [1.165, 1.54) is 13.8 Å². The first-order chi connectivity index (χ1) is 10.5. The minimum absolute atomic E-state index is 0.292. The lowest BCUT2D eigenvalue weighted by Gasteiger charge is -2.27. The highest BCUT2D eigenvalue weighted by Crippen LogP contribution is 2.37. The Morgan fingerprint density at radius 2 is 1.52 bits per heavy atom. The van der Waals surface area contributed by atoms with E-state index in [0.29, 0.717) is 6.61 Å². The van der Waals surface area contributed by atoms with Crippen LogP contribution in [0.15, 0.2) is 0 Å². The molecular weight excluding hydrogens is 308 g/mol. The number of ether oxygens (including phenoxy) is 6. The van der Waals surface area contributed by atoms with Crippen molar-refractivity contribution in [3.63, 3.8) is 0 Å². The summed E-state index contributed by atoms with van der Waals surface area (Å²) in [4.78, 5) is 22.6. The molecule has 3 atom stereocenters. The normalized spacial score (nSPS) is 32.0. The van der Waals surface area contributed by atoms with Crippen LogP contribution in [0.2, 0.25) is 0 Å². The van der Waals surface area contributed by atoms with Gasteiger partial charge in [0.05, 0.1) is 6.61 Å². The first kappa shape index (κ1) is 18.1. The molecule has 8 nitrogen and oxygen atoms in total. The van der Waals surface area contributed by atoms with Gasteiger partial charge in [-0.05, 0) is 27.7 Å². The summed E-state index contributed by atoms with van der Waals surface area (Å²) in [5.41, 5.74) is 0. The van der Waals surface area contributed by atoms with Gasteiger partial charge in [0, 0.05) is 13.8 Å². The Kier molecular flexibility index (Phi) is 5.00. The highest BCUT2D eigenvalue weighted by Gasteiger charge is 2.54. The van der Waals surface area contributed by atoms with Crippen LogP contribution >= 0.6 is 0 Å². The average molecular weight is 332 g/mol. The Bertz CT molecular complexity index is 456. The molecule has 0 aromatic heterocycles. The fourth-order valence-corrected chi connectivity index (χ4v) is 2.68. The van der Waals surface area contributed by atoms with E-state index in [1.54, 1.807) is 27.7 Å². The van der Waals surface area contributed by atoms with Crippen LogP contribution in [0.1, 0.15) is 41.5 Å². The Hall–Kier alpha value is -1.22. The molecule has 23 heavy (non-hydrogen) atoms. The van der Waals surface area contributed by atoms with E-state index in [0.717, 1.165) is 0 Å². The van der Waals surface area contributed by atoms with Gasteiger partial charge in [0.25, 0.3) is 6.29 Å². The lowest BCUT2D eigenvalue weighted by atomic mass is 10.1. The first-order valence-electron chi connectivity index (χ1n) is 7.51. The Balaban J connectivity index is 2.20. The highest BCUT2D eigenvalue weighted by molar-refractivity contribution is 5.68. The van der Waals surface area contributed by atoms with Crippen molar-refractivity contribution in [2.75, 3.05) is 6.61 Å². The van der Waals surface area contributed by atoms with Crippen molar-refractivity contribution in [1.29, 1.82) is 0 Å². The predicted octanol–water partition coefficient (Wildman–Crippen LogP) is 1.11. The highest BCUT2D eigenvalue weighted by atomic mass is 16.8. The summed E-state index contributed by atoms with van der Waals surface area (Å²) < 4.78 is 33.2. The second kappa shape index (κ2) is 6.35. The van der Waals surface area contributed by atoms with Crippen LogP contribution in [0, 0.1) is 0 Å². The van der Waals surface area contributed by atoms with Crippen LogP contribution < -0.4 is 0 Å². The smallest absolute Gasteiger partial charge is 0.305 e. The number of esters is 2. The topological polar surface area (TPSA) is 89.5 Å². The first-order valence-corrected chi connectivity index (χ1v) is 7.51. The fraction of sp³-hybridized carbons (Fsp3) is 0.867. The molecule has 0 amide bonds. The molecule has 132 valence electrons. The molecule has 2 heterocycles. The summed E-state index contributed by atoms with van der Waals surface area (Å²) in [5.74, 6) is -2.87. The molecule has 2 rings (SSSR count). The molecule has 2 aliphatic rings. The van der Waals surface area contributed by atoms with Crippen LogP contribution in [0.5, 0.6) is 0 Å². The van der Waals surface area contributed by atoms with Crippen molar-refractivity contribution < 1.29 is 38.0 Å². The lowest BCUT2D eigenvalue weighted by molar-refractivity contribution is -0.219. The monoisotopic (exact) mass is 332 g/mol. The van der Waals surface area contributed by atoms with Gasteiger partial charge < -0.3 is 28.4 Å². The molecule has 0 aromatic carbocycles. The minimum atomic E-state index is -1.22. The van der Waals surface area contributed by atoms with E-state index in [-0.39, 0.29) is 0 Å². The predicted molar refractivity (Wildman–Crippen MR) is 76.0 cm³/mol. The van der Waals surface area contributed by atoms with E-state index < -0.39 is 48.1 Å². The molecule has 0 radical (unpaired) electrons. The Morgan fingerprint density at radius 1 is 0.957 bits per heavy atom. The molecule has 0 unspecified atom stereocenters. The molecular formula is C15H24O8. The van der Waals surface area contributed by atoms with Crippen LogP contribution in [-0.2, 0) is 38.0 Å². The van der Waals surface area contributed by atoms with Crippen molar-refractivity contribution in [1.82, 2.24) is 0 Å². The van der Waals surface area contributed by atoms with E-state index in [9.17, 15) is 9.59 Å². The largest absolute Gasteiger partial charge is 0.422 e. The van der Waals surface area contributed by atoms with Gasteiger partial charge in [-0.3, -0.25) is 9.59 Å². The van der Waals surface area contributed by atoms with E-state index >= 15 is 0 Å². The molecule has 0 aromatic rings. The third kappa shape index (κ3) is 4.63. The molecule has 0 saturated carbocycles. The minimum Gasteiger partial charge on any atom is -0.422 e. The van der Waals surface area contributed by atoms with Gasteiger partial charge >= 0.3 is 11.9 Å². The maximum atomic E-state index is 11.3. The third-order valence-corrected chi connectivity index (χ3v) is 3.39. The maximum absolute atomic E-state index is 11.3. The van der Waals surface area contributed by atoms with Gasteiger partial charge in [0.2, 0.25) is 0 Å². The molecule has 0 bridgehead atoms. The van der Waals surface area contributed by atoms with Crippen LogP contribution in [0.3, 0.4) is 0 Å². The molecule has 0 aliphatic carbocycles. The zero-order chi connectivity index (χ0) is 17.4. The van der Waals surface area contributed by atoms with E-state index in [2.05, 4.69) is 0 Å². The molecule has 2 fully saturated rings. The summed E-state index contributed by atoms with van der Waals surface area (Å²) in [6.45, 7) is 9.77. The van der Waals surface area contributed by atoms with Gasteiger partial charge in [-0.15, -0.1) is 0 Å². The lowest BCUT2D eigenvalue weighted by Crippen LogP contribution is -2.47. The summed E-state index contributed by atoms with van der Waals surface area (Å²) in [6.07, 6.45) is -3.09. The van der Waals surface area contributed by atoms with Gasteiger partial charge in [0.15, 0.2) is 17.7 Å². The number of hydrogen-bond acceptors (Lipinski definition) is 8. The van der Waals surface area contributed by atoms with Gasteiger partial charge in [-0.25, -0.2) is 0 Å². The number of rotatable bonds is 4. The molecule has 0 N–H and O–H groups in total. The molecule has 0 spiro atoms. The summed E-state index contributed by atoms with van der Waals surface area (Å²) >= 11 is 0. The van der Waals surface area contributed by atoms with Crippen molar-refractivity contribution >= 4 is 11.9 Å².